The maximum atomic E-state index is 14.1. The van der Waals surface area contributed by atoms with Gasteiger partial charge in [0.15, 0.2) is 5.13 Å². The second kappa shape index (κ2) is 11.4. The molecule has 5 nitrogen and oxygen atoms in total. The molecular formula is C29H38ClN3O2S2. The lowest BCUT2D eigenvalue weighted by Gasteiger charge is -2.35. The number of halogens is 1. The molecule has 1 fully saturated rings. The van der Waals surface area contributed by atoms with Crippen molar-refractivity contribution in [1.82, 2.24) is 9.29 Å². The summed E-state index contributed by atoms with van der Waals surface area (Å²) in [5, 5.41) is 3.77. The van der Waals surface area contributed by atoms with Crippen LogP contribution in [-0.2, 0) is 16.4 Å². The Labute approximate surface area is 231 Å². The van der Waals surface area contributed by atoms with E-state index in [2.05, 4.69) is 64.0 Å². The first kappa shape index (κ1) is 28.1. The molecule has 1 aliphatic heterocycles. The summed E-state index contributed by atoms with van der Waals surface area (Å²) in [7, 11) is -3.62. The van der Waals surface area contributed by atoms with E-state index in [0.717, 1.165) is 33.4 Å². The minimum atomic E-state index is -3.62. The third kappa shape index (κ3) is 6.22. The van der Waals surface area contributed by atoms with Crippen LogP contribution in [-0.4, -0.2) is 43.9 Å². The fraction of sp³-hybridized carbons (Fsp3) is 0.483. The minimum Gasteiger partial charge on any atom is -0.345 e. The standard InChI is InChI=1S/C29H38ClN3O2S2/c1-19(2)23-16-26(20(3)4)28(27(17-23)21(5)6)37(34,35)33-13-11-32(12-14-33)29-31-25(18-36-29)15-22-7-9-24(30)10-8-22/h7-10,16-21H,11-15H2,1-6H3. The van der Waals surface area contributed by atoms with Gasteiger partial charge in [-0.2, -0.15) is 4.31 Å². The molecule has 200 valence electrons. The first-order valence-corrected chi connectivity index (χ1v) is 15.8. The Balaban J connectivity index is 1.53. The van der Waals surface area contributed by atoms with Gasteiger partial charge in [0, 0.05) is 43.0 Å². The van der Waals surface area contributed by atoms with E-state index in [9.17, 15) is 8.42 Å². The van der Waals surface area contributed by atoms with E-state index in [4.69, 9.17) is 16.6 Å². The van der Waals surface area contributed by atoms with Gasteiger partial charge in [-0.3, -0.25) is 0 Å². The number of aromatic nitrogens is 1. The molecule has 0 unspecified atom stereocenters. The predicted octanol–water partition coefficient (Wildman–Crippen LogP) is 7.27. The monoisotopic (exact) mass is 559 g/mol. The second-order valence-corrected chi connectivity index (χ2v) is 14.0. The molecule has 37 heavy (non-hydrogen) atoms. The molecule has 0 spiro atoms. The van der Waals surface area contributed by atoms with Crippen molar-refractivity contribution < 1.29 is 8.42 Å². The highest BCUT2D eigenvalue weighted by Crippen LogP contribution is 2.37. The summed E-state index contributed by atoms with van der Waals surface area (Å²) in [5.41, 5.74) is 5.26. The molecule has 0 radical (unpaired) electrons. The highest BCUT2D eigenvalue weighted by Gasteiger charge is 2.34. The summed E-state index contributed by atoms with van der Waals surface area (Å²) in [6.07, 6.45) is 0.754. The summed E-state index contributed by atoms with van der Waals surface area (Å²) in [5.74, 6) is 0.589. The maximum absolute atomic E-state index is 14.1. The zero-order chi connectivity index (χ0) is 26.9. The van der Waals surface area contributed by atoms with E-state index in [1.165, 1.54) is 11.1 Å². The summed E-state index contributed by atoms with van der Waals surface area (Å²) < 4.78 is 29.8. The van der Waals surface area contributed by atoms with Crippen LogP contribution in [0.4, 0.5) is 5.13 Å². The molecule has 0 atom stereocenters. The fourth-order valence-electron chi connectivity index (χ4n) is 4.77. The molecule has 2 heterocycles. The molecule has 0 bridgehead atoms. The van der Waals surface area contributed by atoms with Crippen molar-refractivity contribution in [2.75, 3.05) is 31.1 Å². The van der Waals surface area contributed by atoms with Crippen LogP contribution in [0.5, 0.6) is 0 Å². The van der Waals surface area contributed by atoms with E-state index in [1.54, 1.807) is 15.6 Å². The van der Waals surface area contributed by atoms with Crippen LogP contribution in [0.15, 0.2) is 46.7 Å². The van der Waals surface area contributed by atoms with Gasteiger partial charge < -0.3 is 4.90 Å². The number of benzene rings is 2. The third-order valence-corrected chi connectivity index (χ3v) is 10.3. The number of hydrogen-bond acceptors (Lipinski definition) is 5. The Kier molecular flexibility index (Phi) is 8.68. The highest BCUT2D eigenvalue weighted by molar-refractivity contribution is 7.89. The third-order valence-electron chi connectivity index (χ3n) is 7.02. The Hall–Kier alpha value is -1.93. The quantitative estimate of drug-likeness (QED) is 0.291. The Morgan fingerprint density at radius 2 is 1.46 bits per heavy atom. The number of rotatable bonds is 8. The summed E-state index contributed by atoms with van der Waals surface area (Å²) in [4.78, 5) is 7.57. The van der Waals surface area contributed by atoms with Crippen LogP contribution in [0.2, 0.25) is 5.02 Å². The molecule has 0 amide bonds. The van der Waals surface area contributed by atoms with Crippen LogP contribution in [0, 0.1) is 0 Å². The SMILES string of the molecule is CC(C)c1cc(C(C)C)c(S(=O)(=O)N2CCN(c3nc(Cc4ccc(Cl)cc4)cs3)CC2)c(C(C)C)c1. The van der Waals surface area contributed by atoms with E-state index in [1.807, 2.05) is 24.3 Å². The van der Waals surface area contributed by atoms with Gasteiger partial charge >= 0.3 is 0 Å². The van der Waals surface area contributed by atoms with Gasteiger partial charge in [0.2, 0.25) is 10.0 Å². The van der Waals surface area contributed by atoms with Gasteiger partial charge in [0.25, 0.3) is 0 Å². The number of sulfonamides is 1. The van der Waals surface area contributed by atoms with Crippen LogP contribution in [0.25, 0.3) is 0 Å². The van der Waals surface area contributed by atoms with Crippen molar-refractivity contribution in [3.05, 3.63) is 74.7 Å². The molecule has 0 saturated carbocycles. The van der Waals surface area contributed by atoms with Crippen molar-refractivity contribution >= 4 is 38.1 Å². The Morgan fingerprint density at radius 3 is 1.97 bits per heavy atom. The molecule has 0 N–H and O–H groups in total. The number of hydrogen-bond donors (Lipinski definition) is 0. The van der Waals surface area contributed by atoms with Gasteiger partial charge in [-0.25, -0.2) is 13.4 Å². The lowest BCUT2D eigenvalue weighted by atomic mass is 9.89. The molecule has 0 aliphatic carbocycles. The van der Waals surface area contributed by atoms with E-state index in [-0.39, 0.29) is 11.8 Å². The first-order valence-electron chi connectivity index (χ1n) is 13.1. The lowest BCUT2D eigenvalue weighted by Crippen LogP contribution is -2.49. The molecule has 1 aromatic heterocycles. The average Bonchev–Trinajstić information content (AvgIpc) is 3.33. The predicted molar refractivity (Wildman–Crippen MR) is 156 cm³/mol. The highest BCUT2D eigenvalue weighted by atomic mass is 35.5. The molecular weight excluding hydrogens is 522 g/mol. The first-order chi connectivity index (χ1) is 17.5. The molecule has 1 saturated heterocycles. The average molecular weight is 560 g/mol. The summed E-state index contributed by atoms with van der Waals surface area (Å²) in [6.45, 7) is 14.8. The van der Waals surface area contributed by atoms with Gasteiger partial charge in [0.05, 0.1) is 10.6 Å². The number of piperazine rings is 1. The Bertz CT molecular complexity index is 1290. The van der Waals surface area contributed by atoms with Crippen LogP contribution < -0.4 is 4.90 Å². The van der Waals surface area contributed by atoms with E-state index >= 15 is 0 Å². The minimum absolute atomic E-state index is 0.122. The summed E-state index contributed by atoms with van der Waals surface area (Å²) in [6, 6.07) is 12.1. The summed E-state index contributed by atoms with van der Waals surface area (Å²) >= 11 is 7.62. The molecule has 8 heteroatoms. The largest absolute Gasteiger partial charge is 0.345 e. The Morgan fingerprint density at radius 1 is 0.892 bits per heavy atom. The zero-order valence-corrected chi connectivity index (χ0v) is 25.1. The van der Waals surface area contributed by atoms with Crippen molar-refractivity contribution in [3.8, 4) is 0 Å². The zero-order valence-electron chi connectivity index (χ0n) is 22.7. The second-order valence-electron chi connectivity index (χ2n) is 10.8. The van der Waals surface area contributed by atoms with Gasteiger partial charge in [-0.1, -0.05) is 77.4 Å². The molecule has 4 rings (SSSR count). The van der Waals surface area contributed by atoms with Crippen LogP contribution >= 0.6 is 22.9 Å². The molecule has 2 aromatic carbocycles. The smallest absolute Gasteiger partial charge is 0.243 e. The van der Waals surface area contributed by atoms with Gasteiger partial charge in [0.1, 0.15) is 0 Å². The van der Waals surface area contributed by atoms with Crippen LogP contribution in [0.3, 0.4) is 0 Å². The molecule has 3 aromatic rings. The van der Waals surface area contributed by atoms with Crippen molar-refractivity contribution in [2.24, 2.45) is 0 Å². The fourth-order valence-corrected chi connectivity index (χ4v) is 7.86. The van der Waals surface area contributed by atoms with Crippen molar-refractivity contribution in [1.29, 1.82) is 0 Å². The van der Waals surface area contributed by atoms with Crippen LogP contribution in [0.1, 0.15) is 87.2 Å². The number of anilines is 1. The normalized spacial score (nSPS) is 15.4. The van der Waals surface area contributed by atoms with E-state index < -0.39 is 10.0 Å². The number of thiazole rings is 1. The van der Waals surface area contributed by atoms with E-state index in [0.29, 0.717) is 37.0 Å². The maximum Gasteiger partial charge on any atom is 0.243 e. The lowest BCUT2D eigenvalue weighted by molar-refractivity contribution is 0.383. The van der Waals surface area contributed by atoms with Gasteiger partial charge in [-0.05, 0) is 52.1 Å². The van der Waals surface area contributed by atoms with Crippen molar-refractivity contribution in [3.63, 3.8) is 0 Å². The van der Waals surface area contributed by atoms with Gasteiger partial charge in [-0.15, -0.1) is 11.3 Å². The topological polar surface area (TPSA) is 53.5 Å². The van der Waals surface area contributed by atoms with Crippen molar-refractivity contribution in [2.45, 2.75) is 70.6 Å². The number of nitrogens with zero attached hydrogens (tertiary/aromatic N) is 3. The molecule has 1 aliphatic rings.